The van der Waals surface area contributed by atoms with Gasteiger partial charge in [0.05, 0.1) is 24.9 Å². The molecule has 0 spiro atoms. The predicted octanol–water partition coefficient (Wildman–Crippen LogP) is 5.98. The quantitative estimate of drug-likeness (QED) is 0.232. The predicted molar refractivity (Wildman–Crippen MR) is 110 cm³/mol. The van der Waals surface area contributed by atoms with E-state index < -0.39 is 49.4 Å². The second-order valence-corrected chi connectivity index (χ2v) is 13.8. The summed E-state index contributed by atoms with van der Waals surface area (Å²) in [4.78, 5) is 3.86. The largest absolute Gasteiger partial charge is 0.418 e. The Bertz CT molecular complexity index is 774. The molecule has 9 heteroatoms. The molecule has 0 radical (unpaired) electrons. The van der Waals surface area contributed by atoms with Crippen molar-refractivity contribution in [3.05, 3.63) is 35.6 Å². The molecule has 0 aliphatic carbocycles. The lowest BCUT2D eigenvalue weighted by atomic mass is 9.76. The van der Waals surface area contributed by atoms with Crippen LogP contribution in [0.3, 0.4) is 0 Å². The minimum atomic E-state index is -4.70. The molecule has 0 aromatic heterocycles. The first kappa shape index (κ1) is 24.1. The molecule has 0 unspecified atom stereocenters. The lowest BCUT2D eigenvalue weighted by molar-refractivity contribution is -0.265. The fourth-order valence-electron chi connectivity index (χ4n) is 3.44. The van der Waals surface area contributed by atoms with Crippen molar-refractivity contribution in [2.24, 2.45) is 10.9 Å². The van der Waals surface area contributed by atoms with Gasteiger partial charge in [0.2, 0.25) is 0 Å². The molecule has 0 bridgehead atoms. The molecule has 1 aromatic rings. The maximum absolute atomic E-state index is 14.6. The van der Waals surface area contributed by atoms with Crippen molar-refractivity contribution in [3.63, 3.8) is 0 Å². The molecule has 29 heavy (non-hydrogen) atoms. The van der Waals surface area contributed by atoms with Gasteiger partial charge in [0.15, 0.2) is 13.9 Å². The number of nitrogens with zero attached hydrogens (tertiary/aromatic N) is 1. The fourth-order valence-corrected chi connectivity index (χ4v) is 5.05. The van der Waals surface area contributed by atoms with Crippen LogP contribution >= 0.6 is 12.2 Å². The van der Waals surface area contributed by atoms with Gasteiger partial charge in [-0.25, -0.2) is 9.38 Å². The molecule has 0 saturated carbocycles. The zero-order valence-electron chi connectivity index (χ0n) is 17.3. The van der Waals surface area contributed by atoms with Crippen molar-refractivity contribution in [2.45, 2.75) is 56.6 Å². The van der Waals surface area contributed by atoms with E-state index in [9.17, 15) is 17.6 Å². The van der Waals surface area contributed by atoms with E-state index in [1.807, 2.05) is 20.8 Å². The van der Waals surface area contributed by atoms with E-state index in [-0.39, 0.29) is 18.7 Å². The summed E-state index contributed by atoms with van der Waals surface area (Å²) in [5, 5.41) is 1.74. The van der Waals surface area contributed by atoms with Crippen LogP contribution in [0, 0.1) is 11.7 Å². The first-order valence-corrected chi connectivity index (χ1v) is 12.7. The third-order valence-corrected chi connectivity index (χ3v) is 10.7. The van der Waals surface area contributed by atoms with Crippen LogP contribution in [0.5, 0.6) is 0 Å². The Kier molecular flexibility index (Phi) is 7.12. The van der Waals surface area contributed by atoms with E-state index in [0.717, 1.165) is 0 Å². The normalized spacial score (nSPS) is 24.2. The highest BCUT2D eigenvalue weighted by molar-refractivity contribution is 7.78. The lowest BCUT2D eigenvalue weighted by Crippen LogP contribution is -2.61. The molecule has 2 rings (SSSR count). The Morgan fingerprint density at radius 1 is 1.31 bits per heavy atom. The fraction of sp³-hybridized carbons (Fsp3) is 0.650. The van der Waals surface area contributed by atoms with E-state index in [1.165, 1.54) is 18.2 Å². The van der Waals surface area contributed by atoms with Crippen LogP contribution < -0.4 is 0 Å². The number of thiocarbonyl (C=S) groups is 1. The summed E-state index contributed by atoms with van der Waals surface area (Å²) in [6, 6.07) is 5.78. The lowest BCUT2D eigenvalue weighted by Gasteiger charge is -2.47. The molecule has 1 aliphatic heterocycles. The topological polar surface area (TPSA) is 30.8 Å². The molecular formula is C20H27F4NO2SSi. The first-order valence-electron chi connectivity index (χ1n) is 9.39. The highest BCUT2D eigenvalue weighted by Crippen LogP contribution is 2.53. The average molecular weight is 450 g/mol. The third kappa shape index (κ3) is 4.80. The number of alkyl halides is 3. The number of halogens is 4. The van der Waals surface area contributed by atoms with Crippen LogP contribution in [-0.2, 0) is 9.16 Å². The number of hydrogen-bond donors (Lipinski definition) is 0. The first-order chi connectivity index (χ1) is 13.3. The van der Waals surface area contributed by atoms with Crippen LogP contribution in [0.15, 0.2) is 29.3 Å². The van der Waals surface area contributed by atoms with Crippen LogP contribution in [-0.4, -0.2) is 45.0 Å². The summed E-state index contributed by atoms with van der Waals surface area (Å²) in [5.74, 6) is -2.67. The standard InChI is InChI=1S/C20H27F4NO2SSi/c1-18(2,3)29(4,5)27-19(20(22,23)24)12-26-11-16(19)15(10-25-13-28)14-8-6-7-9-17(14)21/h6-9,15-16H,10-12H2,1-5H3/t15-,16-,19-/m1/s1. The van der Waals surface area contributed by atoms with E-state index in [1.54, 1.807) is 19.2 Å². The number of aliphatic imine (C=N–C) groups is 1. The van der Waals surface area contributed by atoms with Gasteiger partial charge in [0.25, 0.3) is 0 Å². The maximum Gasteiger partial charge on any atom is 0.418 e. The van der Waals surface area contributed by atoms with Crippen LogP contribution in [0.1, 0.15) is 32.3 Å². The Balaban J connectivity index is 2.61. The molecule has 0 amide bonds. The molecular weight excluding hydrogens is 422 g/mol. The van der Waals surface area contributed by atoms with Gasteiger partial charge < -0.3 is 9.16 Å². The second kappa shape index (κ2) is 8.55. The van der Waals surface area contributed by atoms with Gasteiger partial charge in [-0.1, -0.05) is 39.0 Å². The Morgan fingerprint density at radius 3 is 2.45 bits per heavy atom. The van der Waals surface area contributed by atoms with Crippen molar-refractivity contribution < 1.29 is 26.7 Å². The van der Waals surface area contributed by atoms with Gasteiger partial charge in [-0.2, -0.15) is 13.2 Å². The molecule has 3 atom stereocenters. The number of benzene rings is 1. The van der Waals surface area contributed by atoms with Gasteiger partial charge in [0.1, 0.15) is 5.82 Å². The Morgan fingerprint density at radius 2 is 1.93 bits per heavy atom. The van der Waals surface area contributed by atoms with Crippen molar-refractivity contribution >= 4 is 25.7 Å². The molecule has 162 valence electrons. The van der Waals surface area contributed by atoms with Gasteiger partial charge in [-0.3, -0.25) is 0 Å². The minimum absolute atomic E-state index is 0.128. The van der Waals surface area contributed by atoms with Crippen LogP contribution in [0.4, 0.5) is 17.6 Å². The summed E-state index contributed by atoms with van der Waals surface area (Å²) in [7, 11) is -2.85. The second-order valence-electron chi connectivity index (χ2n) is 8.93. The van der Waals surface area contributed by atoms with E-state index in [2.05, 4.69) is 22.4 Å². The minimum Gasteiger partial charge on any atom is -0.401 e. The summed E-state index contributed by atoms with van der Waals surface area (Å²) in [5.41, 5.74) is -2.40. The van der Waals surface area contributed by atoms with Crippen molar-refractivity contribution in [3.8, 4) is 0 Å². The van der Waals surface area contributed by atoms with Crippen molar-refractivity contribution in [1.82, 2.24) is 0 Å². The van der Waals surface area contributed by atoms with Crippen molar-refractivity contribution in [2.75, 3.05) is 19.8 Å². The highest BCUT2D eigenvalue weighted by Gasteiger charge is 2.67. The van der Waals surface area contributed by atoms with Crippen LogP contribution in [0.2, 0.25) is 18.1 Å². The smallest absolute Gasteiger partial charge is 0.401 e. The number of isothiocyanates is 1. The van der Waals surface area contributed by atoms with Gasteiger partial charge >= 0.3 is 6.18 Å². The molecule has 3 nitrogen and oxygen atoms in total. The summed E-state index contributed by atoms with van der Waals surface area (Å²) in [6.07, 6.45) is -4.70. The molecule has 1 aromatic carbocycles. The van der Waals surface area contributed by atoms with Gasteiger partial charge in [0, 0.05) is 11.8 Å². The van der Waals surface area contributed by atoms with Crippen LogP contribution in [0.25, 0.3) is 0 Å². The molecule has 1 heterocycles. The zero-order valence-corrected chi connectivity index (χ0v) is 19.1. The van der Waals surface area contributed by atoms with Gasteiger partial charge in [-0.15, -0.1) is 0 Å². The average Bonchev–Trinajstić information content (AvgIpc) is 3.00. The van der Waals surface area contributed by atoms with E-state index in [0.29, 0.717) is 0 Å². The highest BCUT2D eigenvalue weighted by atomic mass is 32.1. The summed E-state index contributed by atoms with van der Waals surface area (Å²) < 4.78 is 69.5. The SMILES string of the molecule is CC(C)(C)[Si](C)(C)O[C@]1(C(F)(F)F)COC[C@@H]1[C@H](CN=C=S)c1ccccc1F. The molecule has 1 fully saturated rings. The Labute approximate surface area is 175 Å². The Hall–Kier alpha value is -1.12. The van der Waals surface area contributed by atoms with Gasteiger partial charge in [-0.05, 0) is 42.0 Å². The number of hydrogen-bond acceptors (Lipinski definition) is 4. The third-order valence-electron chi connectivity index (χ3n) is 6.08. The maximum atomic E-state index is 14.6. The molecule has 1 saturated heterocycles. The summed E-state index contributed by atoms with van der Waals surface area (Å²) in [6.45, 7) is 8.19. The van der Waals surface area contributed by atoms with E-state index in [4.69, 9.17) is 9.16 Å². The molecule has 0 N–H and O–H groups in total. The summed E-state index contributed by atoms with van der Waals surface area (Å²) >= 11 is 4.61. The van der Waals surface area contributed by atoms with Crippen molar-refractivity contribution in [1.29, 1.82) is 0 Å². The molecule has 1 aliphatic rings. The number of ether oxygens (including phenoxy) is 1. The number of rotatable bonds is 6. The zero-order chi connectivity index (χ0) is 22.1. The monoisotopic (exact) mass is 449 g/mol. The van der Waals surface area contributed by atoms with E-state index >= 15 is 0 Å².